The van der Waals surface area contributed by atoms with E-state index in [-0.39, 0.29) is 16.6 Å². The van der Waals surface area contributed by atoms with Crippen LogP contribution in [0.15, 0.2) is 47.4 Å². The van der Waals surface area contributed by atoms with Crippen molar-refractivity contribution in [3.05, 3.63) is 48.0 Å². The van der Waals surface area contributed by atoms with Crippen LogP contribution in [0, 0.1) is 0 Å². The number of anilines is 1. The van der Waals surface area contributed by atoms with E-state index >= 15 is 0 Å². The van der Waals surface area contributed by atoms with Crippen molar-refractivity contribution in [1.82, 2.24) is 9.21 Å². The molecular weight excluding hydrogens is 442 g/mol. The van der Waals surface area contributed by atoms with E-state index < -0.39 is 10.0 Å². The van der Waals surface area contributed by atoms with Crippen LogP contribution < -0.4 is 14.4 Å². The van der Waals surface area contributed by atoms with Gasteiger partial charge in [0.05, 0.1) is 14.2 Å². The number of sulfonamides is 1. The number of carbonyl (C=O) groups is 1. The van der Waals surface area contributed by atoms with Crippen LogP contribution in [-0.4, -0.2) is 77.0 Å². The monoisotopic (exact) mass is 473 g/mol. The number of hydrogen-bond donors (Lipinski definition) is 0. The molecule has 0 saturated carbocycles. The van der Waals surface area contributed by atoms with Crippen LogP contribution in [0.2, 0.25) is 0 Å². The van der Waals surface area contributed by atoms with E-state index in [0.29, 0.717) is 44.8 Å². The lowest BCUT2D eigenvalue weighted by atomic mass is 10.1. The third kappa shape index (κ3) is 4.94. The number of piperazine rings is 1. The molecular formula is C24H31N3O5S. The summed E-state index contributed by atoms with van der Waals surface area (Å²) < 4.78 is 38.6. The number of amides is 1. The molecule has 2 aliphatic rings. The Bertz CT molecular complexity index is 1070. The molecule has 0 bridgehead atoms. The fourth-order valence-electron chi connectivity index (χ4n) is 4.40. The fourth-order valence-corrected chi connectivity index (χ4v) is 6.10. The molecule has 2 aliphatic heterocycles. The van der Waals surface area contributed by atoms with Gasteiger partial charge in [-0.3, -0.25) is 4.79 Å². The number of rotatable bonds is 6. The highest BCUT2D eigenvalue weighted by Crippen LogP contribution is 2.30. The zero-order chi connectivity index (χ0) is 23.4. The molecule has 0 radical (unpaired) electrons. The first-order valence-electron chi connectivity index (χ1n) is 11.3. The van der Waals surface area contributed by atoms with Crippen LogP contribution in [-0.2, 0) is 10.0 Å². The largest absolute Gasteiger partial charge is 0.497 e. The Morgan fingerprint density at radius 3 is 2.09 bits per heavy atom. The van der Waals surface area contributed by atoms with Crippen LogP contribution in [0.25, 0.3) is 0 Å². The van der Waals surface area contributed by atoms with Crippen LogP contribution in [0.5, 0.6) is 11.5 Å². The number of piperidine rings is 1. The Morgan fingerprint density at radius 1 is 0.818 bits per heavy atom. The Kier molecular flexibility index (Phi) is 7.09. The molecule has 0 N–H and O–H groups in total. The summed E-state index contributed by atoms with van der Waals surface area (Å²) in [5.41, 5.74) is 1.45. The third-order valence-electron chi connectivity index (χ3n) is 6.35. The molecule has 178 valence electrons. The third-order valence-corrected chi connectivity index (χ3v) is 8.27. The molecule has 2 fully saturated rings. The molecule has 1 amide bonds. The smallest absolute Gasteiger partial charge is 0.254 e. The van der Waals surface area contributed by atoms with Crippen molar-refractivity contribution in [3.63, 3.8) is 0 Å². The number of carbonyl (C=O) groups excluding carboxylic acids is 1. The molecule has 0 atom stereocenters. The first kappa shape index (κ1) is 23.4. The summed E-state index contributed by atoms with van der Waals surface area (Å²) in [6.45, 7) is 3.52. The summed E-state index contributed by atoms with van der Waals surface area (Å²) in [7, 11) is -0.634. The molecule has 0 spiro atoms. The Balaban J connectivity index is 1.49. The first-order chi connectivity index (χ1) is 15.9. The van der Waals surface area contributed by atoms with Gasteiger partial charge in [0.1, 0.15) is 16.4 Å². The second-order valence-corrected chi connectivity index (χ2v) is 10.2. The number of ether oxygens (including phenoxy) is 2. The van der Waals surface area contributed by atoms with E-state index in [1.54, 1.807) is 24.1 Å². The highest BCUT2D eigenvalue weighted by molar-refractivity contribution is 7.89. The standard InChI is InChI=1S/C24H31N3O5S/c1-31-21-9-7-20(8-10-21)25-14-16-26(17-15-25)24(28)19-6-11-22(32-2)23(18-19)33(29,30)27-12-4-3-5-13-27/h6-11,18H,3-5,12-17H2,1-2H3. The van der Waals surface area contributed by atoms with E-state index in [1.165, 1.54) is 17.5 Å². The predicted octanol–water partition coefficient (Wildman–Crippen LogP) is 2.84. The zero-order valence-corrected chi connectivity index (χ0v) is 20.0. The molecule has 9 heteroatoms. The number of benzene rings is 2. The van der Waals surface area contributed by atoms with E-state index in [9.17, 15) is 13.2 Å². The van der Waals surface area contributed by atoms with Gasteiger partial charge in [0, 0.05) is 50.5 Å². The molecule has 0 aromatic heterocycles. The molecule has 2 heterocycles. The summed E-state index contributed by atoms with van der Waals surface area (Å²) in [4.78, 5) is 17.3. The normalized spacial score (nSPS) is 17.6. The SMILES string of the molecule is COc1ccc(N2CCN(C(=O)c3ccc(OC)c(S(=O)(=O)N4CCCCC4)c3)CC2)cc1. The number of nitrogens with zero attached hydrogens (tertiary/aromatic N) is 3. The summed E-state index contributed by atoms with van der Waals surface area (Å²) in [6.07, 6.45) is 2.72. The molecule has 8 nitrogen and oxygen atoms in total. The van der Waals surface area contributed by atoms with Gasteiger partial charge in [0.25, 0.3) is 5.91 Å². The van der Waals surface area contributed by atoms with E-state index in [4.69, 9.17) is 9.47 Å². The second kappa shape index (κ2) is 10.0. The Labute approximate surface area is 195 Å². The van der Waals surface area contributed by atoms with Gasteiger partial charge in [-0.2, -0.15) is 4.31 Å². The molecule has 0 unspecified atom stereocenters. The zero-order valence-electron chi connectivity index (χ0n) is 19.2. The van der Waals surface area contributed by atoms with Crippen molar-refractivity contribution >= 4 is 21.6 Å². The van der Waals surface area contributed by atoms with Gasteiger partial charge in [-0.15, -0.1) is 0 Å². The lowest BCUT2D eigenvalue weighted by molar-refractivity contribution is 0.0746. The minimum Gasteiger partial charge on any atom is -0.497 e. The average molecular weight is 474 g/mol. The molecule has 0 aliphatic carbocycles. The maximum atomic E-state index is 13.3. The fraction of sp³-hybridized carbons (Fsp3) is 0.458. The topological polar surface area (TPSA) is 79.4 Å². The van der Waals surface area contributed by atoms with Crippen molar-refractivity contribution in [3.8, 4) is 11.5 Å². The number of methoxy groups -OCH3 is 2. The van der Waals surface area contributed by atoms with E-state index in [1.807, 2.05) is 24.3 Å². The van der Waals surface area contributed by atoms with Gasteiger partial charge in [-0.1, -0.05) is 6.42 Å². The molecule has 33 heavy (non-hydrogen) atoms. The van der Waals surface area contributed by atoms with Crippen LogP contribution in [0.1, 0.15) is 29.6 Å². The maximum absolute atomic E-state index is 13.3. The van der Waals surface area contributed by atoms with Gasteiger partial charge in [-0.25, -0.2) is 8.42 Å². The van der Waals surface area contributed by atoms with Crippen molar-refractivity contribution in [2.24, 2.45) is 0 Å². The lowest BCUT2D eigenvalue weighted by Gasteiger charge is -2.36. The van der Waals surface area contributed by atoms with E-state index in [2.05, 4.69) is 4.90 Å². The molecule has 2 aromatic carbocycles. The summed E-state index contributed by atoms with van der Waals surface area (Å²) in [6, 6.07) is 12.6. The summed E-state index contributed by atoms with van der Waals surface area (Å²) in [5.74, 6) is 0.908. The minimum absolute atomic E-state index is 0.0645. The highest BCUT2D eigenvalue weighted by atomic mass is 32.2. The minimum atomic E-state index is -3.72. The average Bonchev–Trinajstić information content (AvgIpc) is 2.88. The molecule has 2 aromatic rings. The first-order valence-corrected chi connectivity index (χ1v) is 12.7. The van der Waals surface area contributed by atoms with Gasteiger partial charge in [-0.05, 0) is 55.3 Å². The maximum Gasteiger partial charge on any atom is 0.254 e. The van der Waals surface area contributed by atoms with Crippen LogP contribution in [0.3, 0.4) is 0 Å². The van der Waals surface area contributed by atoms with Crippen molar-refractivity contribution in [2.45, 2.75) is 24.2 Å². The van der Waals surface area contributed by atoms with Crippen LogP contribution >= 0.6 is 0 Å². The summed E-state index contributed by atoms with van der Waals surface area (Å²) in [5, 5.41) is 0. The lowest BCUT2D eigenvalue weighted by Crippen LogP contribution is -2.48. The second-order valence-electron chi connectivity index (χ2n) is 8.31. The highest BCUT2D eigenvalue weighted by Gasteiger charge is 2.31. The molecule has 2 saturated heterocycles. The van der Waals surface area contributed by atoms with Crippen LogP contribution in [0.4, 0.5) is 5.69 Å². The van der Waals surface area contributed by atoms with Gasteiger partial charge >= 0.3 is 0 Å². The summed E-state index contributed by atoms with van der Waals surface area (Å²) >= 11 is 0. The quantitative estimate of drug-likeness (QED) is 0.642. The van der Waals surface area contributed by atoms with Crippen molar-refractivity contribution < 1.29 is 22.7 Å². The van der Waals surface area contributed by atoms with Gasteiger partial charge < -0.3 is 19.3 Å². The van der Waals surface area contributed by atoms with E-state index in [0.717, 1.165) is 30.7 Å². The predicted molar refractivity (Wildman–Crippen MR) is 127 cm³/mol. The molecule has 4 rings (SSSR count). The van der Waals surface area contributed by atoms with Gasteiger partial charge in [0.15, 0.2) is 0 Å². The van der Waals surface area contributed by atoms with Crippen molar-refractivity contribution in [1.29, 1.82) is 0 Å². The Hall–Kier alpha value is -2.78. The van der Waals surface area contributed by atoms with Gasteiger partial charge in [0.2, 0.25) is 10.0 Å². The number of hydrogen-bond acceptors (Lipinski definition) is 6. The Morgan fingerprint density at radius 2 is 1.48 bits per heavy atom. The van der Waals surface area contributed by atoms with Crippen molar-refractivity contribution in [2.75, 3.05) is 58.4 Å².